The van der Waals surface area contributed by atoms with Gasteiger partial charge in [0.15, 0.2) is 5.75 Å². The molecule has 66 valence electrons. The largest absolute Gasteiger partial charge is 0.504 e. The zero-order valence-electron chi connectivity index (χ0n) is 7.32. The first-order valence-corrected chi connectivity index (χ1v) is 4.24. The number of hydrogen-bond donors (Lipinski definition) is 1. The van der Waals surface area contributed by atoms with Crippen LogP contribution in [-0.4, -0.2) is 5.11 Å². The first kappa shape index (κ1) is 8.05. The summed E-state index contributed by atoms with van der Waals surface area (Å²) in [7, 11) is 0. The molecule has 0 aromatic heterocycles. The van der Waals surface area contributed by atoms with E-state index in [1.807, 2.05) is 0 Å². The molecule has 2 heteroatoms. The lowest BCUT2D eigenvalue weighted by molar-refractivity contribution is 0.471. The van der Waals surface area contributed by atoms with Crippen LogP contribution in [0.25, 0.3) is 5.57 Å². The minimum Gasteiger partial charge on any atom is -0.504 e. The van der Waals surface area contributed by atoms with Crippen molar-refractivity contribution in [1.29, 1.82) is 0 Å². The Kier molecular flexibility index (Phi) is 1.69. The van der Waals surface area contributed by atoms with E-state index >= 15 is 0 Å². The highest BCUT2D eigenvalue weighted by molar-refractivity contribution is 5.79. The van der Waals surface area contributed by atoms with Crippen molar-refractivity contribution in [3.63, 3.8) is 0 Å². The Morgan fingerprint density at radius 2 is 1.85 bits per heavy atom. The summed E-state index contributed by atoms with van der Waals surface area (Å²) in [6.45, 7) is 2.10. The molecule has 1 atom stereocenters. The third kappa shape index (κ3) is 1.47. The number of allylic oxidation sites excluding steroid dienone is 2. The van der Waals surface area contributed by atoms with Gasteiger partial charge in [0.2, 0.25) is 5.43 Å². The molecule has 2 rings (SSSR count). The molecule has 0 heterocycles. The maximum atomic E-state index is 11.0. The maximum absolute atomic E-state index is 11.0. The van der Waals surface area contributed by atoms with Crippen LogP contribution in [0.5, 0.6) is 5.75 Å². The smallest absolute Gasteiger partial charge is 0.220 e. The van der Waals surface area contributed by atoms with Gasteiger partial charge in [-0.1, -0.05) is 25.1 Å². The van der Waals surface area contributed by atoms with E-state index in [-0.39, 0.29) is 11.2 Å². The first-order valence-electron chi connectivity index (χ1n) is 4.24. The topological polar surface area (TPSA) is 37.3 Å². The molecule has 0 saturated carbocycles. The van der Waals surface area contributed by atoms with Crippen LogP contribution in [0.2, 0.25) is 0 Å². The van der Waals surface area contributed by atoms with Crippen molar-refractivity contribution in [2.75, 3.05) is 0 Å². The highest BCUT2D eigenvalue weighted by Gasteiger charge is 2.19. The van der Waals surface area contributed by atoms with Gasteiger partial charge in [0.25, 0.3) is 0 Å². The van der Waals surface area contributed by atoms with Crippen molar-refractivity contribution in [3.8, 4) is 5.75 Å². The summed E-state index contributed by atoms with van der Waals surface area (Å²) in [4.78, 5) is 11.0. The van der Waals surface area contributed by atoms with Gasteiger partial charge in [-0.2, -0.15) is 0 Å². The molecule has 0 radical (unpaired) electrons. The van der Waals surface area contributed by atoms with Gasteiger partial charge in [-0.15, -0.1) is 0 Å². The Bertz CT molecular complexity index is 432. The van der Waals surface area contributed by atoms with Crippen molar-refractivity contribution in [2.45, 2.75) is 6.92 Å². The SMILES string of the molecule is C[C@@H]1C=C1c1ccc(O)c(=O)cc1. The zero-order chi connectivity index (χ0) is 9.42. The number of hydrogen-bond acceptors (Lipinski definition) is 2. The summed E-state index contributed by atoms with van der Waals surface area (Å²) in [5.74, 6) is 0.319. The van der Waals surface area contributed by atoms with E-state index in [1.54, 1.807) is 12.1 Å². The van der Waals surface area contributed by atoms with Gasteiger partial charge in [-0.3, -0.25) is 4.79 Å². The average Bonchev–Trinajstić information content (AvgIpc) is 2.82. The van der Waals surface area contributed by atoms with E-state index in [2.05, 4.69) is 13.0 Å². The van der Waals surface area contributed by atoms with Crippen LogP contribution in [0.15, 0.2) is 35.1 Å². The Labute approximate surface area is 76.2 Å². The second-order valence-electron chi connectivity index (χ2n) is 3.28. The molecule has 1 N–H and O–H groups in total. The fraction of sp³-hybridized carbons (Fsp3) is 0.182. The third-order valence-electron chi connectivity index (χ3n) is 2.23. The average molecular weight is 174 g/mol. The summed E-state index contributed by atoms with van der Waals surface area (Å²) < 4.78 is 0. The van der Waals surface area contributed by atoms with Crippen molar-refractivity contribution in [2.24, 2.45) is 5.92 Å². The summed E-state index contributed by atoms with van der Waals surface area (Å²) in [5.41, 5.74) is 1.93. The van der Waals surface area contributed by atoms with E-state index < -0.39 is 0 Å². The number of aromatic hydroxyl groups is 1. The van der Waals surface area contributed by atoms with Crippen LogP contribution >= 0.6 is 0 Å². The molecule has 0 bridgehead atoms. The molecule has 1 aliphatic rings. The molecule has 13 heavy (non-hydrogen) atoms. The molecule has 0 unspecified atom stereocenters. The highest BCUT2D eigenvalue weighted by atomic mass is 16.3. The van der Waals surface area contributed by atoms with Crippen LogP contribution in [0.1, 0.15) is 12.5 Å². The van der Waals surface area contributed by atoms with Crippen LogP contribution in [0, 0.1) is 5.92 Å². The van der Waals surface area contributed by atoms with Crippen molar-refractivity contribution in [1.82, 2.24) is 0 Å². The summed E-state index contributed by atoms with van der Waals surface area (Å²) in [6, 6.07) is 6.36. The third-order valence-corrected chi connectivity index (χ3v) is 2.23. The normalized spacial score (nSPS) is 19.5. The summed E-state index contributed by atoms with van der Waals surface area (Å²) in [5, 5.41) is 9.14. The van der Waals surface area contributed by atoms with Crippen LogP contribution in [0.3, 0.4) is 0 Å². The minimum absolute atomic E-state index is 0.194. The maximum Gasteiger partial charge on any atom is 0.220 e. The van der Waals surface area contributed by atoms with Gasteiger partial charge in [0.1, 0.15) is 0 Å². The molecule has 0 aliphatic heterocycles. The highest BCUT2D eigenvalue weighted by Crippen LogP contribution is 2.37. The van der Waals surface area contributed by atoms with Gasteiger partial charge >= 0.3 is 0 Å². The Balaban J connectivity index is 2.47. The van der Waals surface area contributed by atoms with E-state index in [9.17, 15) is 4.79 Å². The standard InChI is InChI=1S/C11H10O2/c1-7-6-9(7)8-2-4-10(12)11(13)5-3-8/h2-7H,1H3,(H,12,13)/t7-/m1/s1. The van der Waals surface area contributed by atoms with E-state index in [1.165, 1.54) is 17.7 Å². The quantitative estimate of drug-likeness (QED) is 0.704. The molecule has 2 nitrogen and oxygen atoms in total. The summed E-state index contributed by atoms with van der Waals surface area (Å²) >= 11 is 0. The van der Waals surface area contributed by atoms with Crippen LogP contribution < -0.4 is 5.43 Å². The molecule has 0 spiro atoms. The Morgan fingerprint density at radius 3 is 2.46 bits per heavy atom. The second kappa shape index (κ2) is 2.73. The molecule has 0 amide bonds. The lowest BCUT2D eigenvalue weighted by atomic mass is 10.2. The Morgan fingerprint density at radius 1 is 1.23 bits per heavy atom. The van der Waals surface area contributed by atoms with E-state index in [4.69, 9.17) is 5.11 Å². The predicted octanol–water partition coefficient (Wildman–Crippen LogP) is 1.79. The lowest BCUT2D eigenvalue weighted by Crippen LogP contribution is -1.91. The molecule has 1 aliphatic carbocycles. The number of rotatable bonds is 1. The van der Waals surface area contributed by atoms with Gasteiger partial charge in [0.05, 0.1) is 0 Å². The molecule has 0 saturated heterocycles. The fourth-order valence-electron chi connectivity index (χ4n) is 1.33. The van der Waals surface area contributed by atoms with E-state index in [0.29, 0.717) is 5.92 Å². The van der Waals surface area contributed by atoms with Gasteiger partial charge < -0.3 is 5.11 Å². The zero-order valence-corrected chi connectivity index (χ0v) is 7.32. The molecule has 0 fully saturated rings. The van der Waals surface area contributed by atoms with Crippen molar-refractivity contribution >= 4 is 5.57 Å². The van der Waals surface area contributed by atoms with Gasteiger partial charge in [-0.25, -0.2) is 0 Å². The molecular formula is C11H10O2. The minimum atomic E-state index is -0.333. The lowest BCUT2D eigenvalue weighted by Gasteiger charge is -1.88. The monoisotopic (exact) mass is 174 g/mol. The molecular weight excluding hydrogens is 164 g/mol. The van der Waals surface area contributed by atoms with Crippen LogP contribution in [-0.2, 0) is 0 Å². The van der Waals surface area contributed by atoms with E-state index in [0.717, 1.165) is 5.56 Å². The van der Waals surface area contributed by atoms with Gasteiger partial charge in [-0.05, 0) is 29.2 Å². The second-order valence-corrected chi connectivity index (χ2v) is 3.28. The van der Waals surface area contributed by atoms with Crippen LogP contribution in [0.4, 0.5) is 0 Å². The molecule has 1 aromatic carbocycles. The first-order chi connectivity index (χ1) is 6.18. The van der Waals surface area contributed by atoms with Gasteiger partial charge in [0, 0.05) is 0 Å². The predicted molar refractivity (Wildman–Crippen MR) is 51.5 cm³/mol. The van der Waals surface area contributed by atoms with Crippen molar-refractivity contribution in [3.05, 3.63) is 46.1 Å². The fourth-order valence-corrected chi connectivity index (χ4v) is 1.33. The Hall–Kier alpha value is -1.57. The molecule has 1 aromatic rings. The summed E-state index contributed by atoms with van der Waals surface area (Å²) in [6.07, 6.45) is 2.12. The van der Waals surface area contributed by atoms with Crippen molar-refractivity contribution < 1.29 is 5.11 Å².